The molecule has 0 saturated carbocycles. The van der Waals surface area contributed by atoms with Gasteiger partial charge in [-0.25, -0.2) is 13.7 Å². The number of nitrogens with zero attached hydrogens (tertiary/aromatic N) is 1. The van der Waals surface area contributed by atoms with Crippen molar-refractivity contribution < 1.29 is 27.5 Å². The highest BCUT2D eigenvalue weighted by Gasteiger charge is 2.41. The van der Waals surface area contributed by atoms with Gasteiger partial charge in [-0.15, -0.1) is 11.8 Å². The van der Waals surface area contributed by atoms with Crippen molar-refractivity contribution in [2.45, 2.75) is 25.7 Å². The molecule has 0 radical (unpaired) electrons. The van der Waals surface area contributed by atoms with Crippen molar-refractivity contribution in [1.82, 2.24) is 0 Å². The van der Waals surface area contributed by atoms with Crippen LogP contribution in [-0.4, -0.2) is 17.9 Å². The maximum absolute atomic E-state index is 14.4. The average Bonchev–Trinajstić information content (AvgIpc) is 3.34. The summed E-state index contributed by atoms with van der Waals surface area (Å²) in [7, 11) is 0. The third-order valence-electron chi connectivity index (χ3n) is 4.65. The van der Waals surface area contributed by atoms with Gasteiger partial charge in [0, 0.05) is 6.07 Å². The van der Waals surface area contributed by atoms with Crippen molar-refractivity contribution in [2.24, 2.45) is 0 Å². The Morgan fingerprint density at radius 1 is 1.03 bits per heavy atom. The van der Waals surface area contributed by atoms with E-state index < -0.39 is 23.4 Å². The molecule has 0 atom stereocenters. The number of furan rings is 1. The van der Waals surface area contributed by atoms with E-state index in [-0.39, 0.29) is 22.3 Å². The van der Waals surface area contributed by atoms with Gasteiger partial charge in [0.2, 0.25) is 0 Å². The van der Waals surface area contributed by atoms with Gasteiger partial charge in [0.15, 0.2) is 0 Å². The summed E-state index contributed by atoms with van der Waals surface area (Å²) < 4.78 is 38.8. The molecule has 0 fully saturated rings. The molecular weight excluding hydrogens is 436 g/mol. The van der Waals surface area contributed by atoms with Crippen molar-refractivity contribution >= 4 is 34.8 Å². The predicted molar refractivity (Wildman–Crippen MR) is 118 cm³/mol. The van der Waals surface area contributed by atoms with E-state index in [4.69, 9.17) is 9.15 Å². The van der Waals surface area contributed by atoms with Crippen LogP contribution in [0.2, 0.25) is 0 Å². The molecule has 0 aliphatic carbocycles. The first-order chi connectivity index (χ1) is 15.3. The first kappa shape index (κ1) is 21.8. The summed E-state index contributed by atoms with van der Waals surface area (Å²) in [5.41, 5.74) is 0.338. The predicted octanol–water partition coefficient (Wildman–Crippen LogP) is 5.56. The lowest BCUT2D eigenvalue weighted by molar-refractivity contribution is -0.119. The minimum atomic E-state index is -0.996. The molecule has 0 unspecified atom stereocenters. The second-order valence-electron chi connectivity index (χ2n) is 7.30. The van der Waals surface area contributed by atoms with Crippen LogP contribution in [-0.2, 0) is 15.3 Å². The molecule has 4 rings (SSSR count). The van der Waals surface area contributed by atoms with Gasteiger partial charge in [0.25, 0.3) is 11.8 Å². The van der Waals surface area contributed by atoms with Crippen molar-refractivity contribution in [3.8, 4) is 5.75 Å². The van der Waals surface area contributed by atoms with Gasteiger partial charge in [-0.1, -0.05) is 12.1 Å². The van der Waals surface area contributed by atoms with E-state index in [1.54, 1.807) is 36.4 Å². The maximum atomic E-state index is 14.4. The molecule has 1 aromatic heterocycles. The summed E-state index contributed by atoms with van der Waals surface area (Å²) in [6.07, 6.45) is 1.49. The number of anilines is 1. The Bertz CT molecular complexity index is 1190. The topological polar surface area (TPSA) is 59.8 Å². The zero-order valence-corrected chi connectivity index (χ0v) is 18.1. The van der Waals surface area contributed by atoms with Gasteiger partial charge in [-0.05, 0) is 55.8 Å². The molecule has 2 amide bonds. The number of imide groups is 1. The largest absolute Gasteiger partial charge is 0.491 e. The normalized spacial score (nSPS) is 14.1. The second kappa shape index (κ2) is 9.00. The van der Waals surface area contributed by atoms with E-state index in [1.165, 1.54) is 6.26 Å². The minimum Gasteiger partial charge on any atom is -0.491 e. The van der Waals surface area contributed by atoms with E-state index in [9.17, 15) is 18.4 Å². The number of benzene rings is 2. The smallest absolute Gasteiger partial charge is 0.272 e. The number of halogens is 2. The van der Waals surface area contributed by atoms with Crippen LogP contribution >= 0.6 is 11.8 Å². The Morgan fingerprint density at radius 3 is 2.41 bits per heavy atom. The number of rotatable bonds is 7. The molecule has 0 bridgehead atoms. The molecule has 164 valence electrons. The van der Waals surface area contributed by atoms with Crippen LogP contribution in [0, 0.1) is 11.6 Å². The number of ether oxygens (including phenoxy) is 1. The summed E-state index contributed by atoms with van der Waals surface area (Å²) in [4.78, 5) is 27.4. The molecule has 1 aliphatic heterocycles. The van der Waals surface area contributed by atoms with E-state index >= 15 is 0 Å². The van der Waals surface area contributed by atoms with Gasteiger partial charge in [-0.3, -0.25) is 9.59 Å². The van der Waals surface area contributed by atoms with E-state index in [0.29, 0.717) is 28.9 Å². The van der Waals surface area contributed by atoms with Gasteiger partial charge >= 0.3 is 0 Å². The monoisotopic (exact) mass is 455 g/mol. The summed E-state index contributed by atoms with van der Waals surface area (Å²) in [5, 5.41) is 0. The van der Waals surface area contributed by atoms with Crippen molar-refractivity contribution in [1.29, 1.82) is 0 Å². The van der Waals surface area contributed by atoms with E-state index in [0.717, 1.165) is 28.8 Å². The second-order valence-corrected chi connectivity index (χ2v) is 8.29. The van der Waals surface area contributed by atoms with Gasteiger partial charge in [0.05, 0.1) is 34.3 Å². The lowest BCUT2D eigenvalue weighted by atomic mass is 10.1. The van der Waals surface area contributed by atoms with Crippen LogP contribution in [0.15, 0.2) is 70.2 Å². The molecule has 0 saturated heterocycles. The van der Waals surface area contributed by atoms with Crippen molar-refractivity contribution in [3.05, 3.63) is 88.7 Å². The molecular formula is C24H19F2NO4S. The molecule has 8 heteroatoms. The number of carbonyl (C=O) groups is 2. The third kappa shape index (κ3) is 4.31. The average molecular weight is 455 g/mol. The Morgan fingerprint density at radius 2 is 1.78 bits per heavy atom. The molecule has 0 spiro atoms. The van der Waals surface area contributed by atoms with Crippen LogP contribution < -0.4 is 9.64 Å². The Balaban J connectivity index is 1.73. The lowest BCUT2D eigenvalue weighted by Gasteiger charge is -2.16. The standard InChI is InChI=1S/C24H19F2NO4S/c1-14(2)31-17-8-5-15(6-9-17)21-22(32-13-18-4-3-11-30-18)24(29)27(23(21)28)20-10-7-16(25)12-19(20)26/h3-12,14H,13H2,1-2H3. The van der Waals surface area contributed by atoms with E-state index in [2.05, 4.69) is 0 Å². The fraction of sp³-hybridized carbons (Fsp3) is 0.167. The number of hydrogen-bond acceptors (Lipinski definition) is 5. The number of thioether (sulfide) groups is 1. The van der Waals surface area contributed by atoms with E-state index in [1.807, 2.05) is 13.8 Å². The van der Waals surface area contributed by atoms with Gasteiger partial charge in [-0.2, -0.15) is 0 Å². The SMILES string of the molecule is CC(C)Oc1ccc(C2=C(SCc3ccco3)C(=O)N(c3ccc(F)cc3F)C2=O)cc1. The summed E-state index contributed by atoms with van der Waals surface area (Å²) >= 11 is 1.12. The molecule has 1 aliphatic rings. The van der Waals surface area contributed by atoms with Crippen molar-refractivity contribution in [3.63, 3.8) is 0 Å². The Hall–Kier alpha value is -3.39. The van der Waals surface area contributed by atoms with Crippen molar-refractivity contribution in [2.75, 3.05) is 4.90 Å². The fourth-order valence-electron chi connectivity index (χ4n) is 3.29. The third-order valence-corrected chi connectivity index (χ3v) is 5.74. The molecule has 2 aromatic carbocycles. The number of hydrogen-bond donors (Lipinski definition) is 0. The minimum absolute atomic E-state index is 0.0221. The first-order valence-electron chi connectivity index (χ1n) is 9.85. The quantitative estimate of drug-likeness (QED) is 0.437. The summed E-state index contributed by atoms with van der Waals surface area (Å²) in [6, 6.07) is 13.0. The lowest BCUT2D eigenvalue weighted by Crippen LogP contribution is -2.32. The summed E-state index contributed by atoms with van der Waals surface area (Å²) in [6.45, 7) is 3.79. The zero-order chi connectivity index (χ0) is 22.8. The molecule has 3 aromatic rings. The Labute approximate surface area is 187 Å². The maximum Gasteiger partial charge on any atom is 0.272 e. The van der Waals surface area contributed by atoms with Gasteiger partial charge in [0.1, 0.15) is 23.1 Å². The van der Waals surface area contributed by atoms with Gasteiger partial charge < -0.3 is 9.15 Å². The zero-order valence-electron chi connectivity index (χ0n) is 17.3. The van der Waals surface area contributed by atoms with Crippen LogP contribution in [0.1, 0.15) is 25.2 Å². The highest BCUT2D eigenvalue weighted by Crippen LogP contribution is 2.40. The number of carbonyl (C=O) groups excluding carboxylic acids is 2. The Kier molecular flexibility index (Phi) is 6.14. The number of amides is 2. The molecule has 5 nitrogen and oxygen atoms in total. The highest BCUT2D eigenvalue weighted by molar-refractivity contribution is 8.03. The van der Waals surface area contributed by atoms with Crippen LogP contribution in [0.4, 0.5) is 14.5 Å². The van der Waals surface area contributed by atoms with Crippen LogP contribution in [0.3, 0.4) is 0 Å². The van der Waals surface area contributed by atoms with Crippen LogP contribution in [0.5, 0.6) is 5.75 Å². The summed E-state index contributed by atoms with van der Waals surface area (Å²) in [5.74, 6) is -1.61. The fourth-order valence-corrected chi connectivity index (χ4v) is 4.30. The molecule has 0 N–H and O–H groups in total. The molecule has 32 heavy (non-hydrogen) atoms. The highest BCUT2D eigenvalue weighted by atomic mass is 32.2. The van der Waals surface area contributed by atoms with Crippen LogP contribution in [0.25, 0.3) is 5.57 Å². The first-order valence-corrected chi connectivity index (χ1v) is 10.8. The molecule has 2 heterocycles.